The highest BCUT2D eigenvalue weighted by molar-refractivity contribution is 9.10. The Bertz CT molecular complexity index is 468. The second-order valence-corrected chi connectivity index (χ2v) is 4.72. The number of Topliss-reactive ketones (excluding diaryl/α,β-unsaturated/α-hetero) is 1. The van der Waals surface area contributed by atoms with E-state index in [0.717, 1.165) is 4.47 Å². The monoisotopic (exact) mass is 325 g/mol. The van der Waals surface area contributed by atoms with Crippen LogP contribution in [0.4, 0.5) is 5.69 Å². The van der Waals surface area contributed by atoms with Gasteiger partial charge in [-0.15, -0.1) is 0 Å². The molecule has 4 nitrogen and oxygen atoms in total. The number of carbonyl (C=O) groups is 2. The molecule has 0 aliphatic carbocycles. The van der Waals surface area contributed by atoms with Gasteiger partial charge in [0.05, 0.1) is 12.3 Å². The van der Waals surface area contributed by atoms with E-state index in [9.17, 15) is 9.59 Å². The summed E-state index contributed by atoms with van der Waals surface area (Å²) in [6.07, 6.45) is 1.63. The molecule has 1 aromatic rings. The van der Waals surface area contributed by atoms with E-state index in [-0.39, 0.29) is 18.8 Å². The summed E-state index contributed by atoms with van der Waals surface area (Å²) in [6.45, 7) is 3.66. The largest absolute Gasteiger partial charge is 0.465 e. The van der Waals surface area contributed by atoms with Gasteiger partial charge in [0.1, 0.15) is 0 Å². The molecule has 0 aliphatic rings. The van der Waals surface area contributed by atoms with Crippen molar-refractivity contribution >= 4 is 39.6 Å². The number of ether oxygens (including phenoxy) is 1. The lowest BCUT2D eigenvalue weighted by molar-refractivity contribution is -0.148. The molecule has 0 saturated heterocycles. The van der Waals surface area contributed by atoms with Crippen molar-refractivity contribution in [2.24, 2.45) is 10.9 Å². The standard InChI is InChI=1S/C14H16BrNO3/c1-3-13(17)12(14(18)19-4-2)9-16-11-7-5-10(15)6-8-11/h5-9,12H,3-4H2,1-2H3. The quantitative estimate of drug-likeness (QED) is 0.458. The maximum Gasteiger partial charge on any atom is 0.321 e. The molecule has 5 heteroatoms. The molecule has 0 radical (unpaired) electrons. The van der Waals surface area contributed by atoms with Crippen LogP contribution in [-0.4, -0.2) is 24.6 Å². The molecular weight excluding hydrogens is 310 g/mol. The van der Waals surface area contributed by atoms with Crippen molar-refractivity contribution in [1.29, 1.82) is 0 Å². The molecule has 0 N–H and O–H groups in total. The van der Waals surface area contributed by atoms with Crippen LogP contribution in [0.5, 0.6) is 0 Å². The van der Waals surface area contributed by atoms with Gasteiger partial charge in [-0.1, -0.05) is 22.9 Å². The summed E-state index contributed by atoms with van der Waals surface area (Å²) in [5.74, 6) is -1.66. The van der Waals surface area contributed by atoms with Gasteiger partial charge >= 0.3 is 5.97 Å². The summed E-state index contributed by atoms with van der Waals surface area (Å²) in [6, 6.07) is 7.26. The molecule has 0 saturated carbocycles. The number of benzene rings is 1. The number of ketones is 1. The Labute approximate surface area is 121 Å². The molecule has 0 amide bonds. The van der Waals surface area contributed by atoms with E-state index in [1.165, 1.54) is 6.21 Å². The number of rotatable bonds is 6. The fourth-order valence-electron chi connectivity index (χ4n) is 1.42. The van der Waals surface area contributed by atoms with Gasteiger partial charge in [-0.25, -0.2) is 0 Å². The zero-order valence-corrected chi connectivity index (χ0v) is 12.5. The van der Waals surface area contributed by atoms with Crippen LogP contribution in [0.25, 0.3) is 0 Å². The lowest BCUT2D eigenvalue weighted by Gasteiger charge is -2.08. The summed E-state index contributed by atoms with van der Waals surface area (Å²) in [5, 5.41) is 0. The van der Waals surface area contributed by atoms with Crippen molar-refractivity contribution in [3.05, 3.63) is 28.7 Å². The third-order valence-corrected chi connectivity index (χ3v) is 2.96. The minimum absolute atomic E-state index is 0.195. The fourth-order valence-corrected chi connectivity index (χ4v) is 1.68. The van der Waals surface area contributed by atoms with Gasteiger partial charge in [-0.05, 0) is 31.2 Å². The van der Waals surface area contributed by atoms with Gasteiger partial charge in [0.25, 0.3) is 0 Å². The molecule has 19 heavy (non-hydrogen) atoms. The Morgan fingerprint density at radius 1 is 1.32 bits per heavy atom. The van der Waals surface area contributed by atoms with Crippen molar-refractivity contribution in [3.8, 4) is 0 Å². The third kappa shape index (κ3) is 4.95. The van der Waals surface area contributed by atoms with E-state index >= 15 is 0 Å². The number of carbonyl (C=O) groups excluding carboxylic acids is 2. The molecular formula is C14H16BrNO3. The number of hydrogen-bond donors (Lipinski definition) is 0. The van der Waals surface area contributed by atoms with Gasteiger partial charge in [-0.3, -0.25) is 14.6 Å². The van der Waals surface area contributed by atoms with Crippen LogP contribution in [0.2, 0.25) is 0 Å². The second kappa shape index (κ2) is 7.84. The van der Waals surface area contributed by atoms with Gasteiger partial charge in [0.15, 0.2) is 11.7 Å². The van der Waals surface area contributed by atoms with E-state index in [1.807, 2.05) is 12.1 Å². The number of aliphatic imine (C=N–C) groups is 1. The van der Waals surface area contributed by atoms with Crippen molar-refractivity contribution in [3.63, 3.8) is 0 Å². The summed E-state index contributed by atoms with van der Waals surface area (Å²) < 4.78 is 5.82. The van der Waals surface area contributed by atoms with E-state index in [2.05, 4.69) is 20.9 Å². The van der Waals surface area contributed by atoms with Crippen LogP contribution in [0.3, 0.4) is 0 Å². The minimum Gasteiger partial charge on any atom is -0.465 e. The molecule has 1 unspecified atom stereocenters. The second-order valence-electron chi connectivity index (χ2n) is 3.80. The number of hydrogen-bond acceptors (Lipinski definition) is 4. The smallest absolute Gasteiger partial charge is 0.321 e. The summed E-state index contributed by atoms with van der Waals surface area (Å²) >= 11 is 3.32. The highest BCUT2D eigenvalue weighted by atomic mass is 79.9. The summed E-state index contributed by atoms with van der Waals surface area (Å²) in [4.78, 5) is 27.5. The van der Waals surface area contributed by atoms with E-state index in [0.29, 0.717) is 5.69 Å². The first-order valence-corrected chi connectivity index (χ1v) is 6.86. The van der Waals surface area contributed by atoms with Crippen LogP contribution in [0.1, 0.15) is 20.3 Å². The minimum atomic E-state index is -0.923. The highest BCUT2D eigenvalue weighted by Crippen LogP contribution is 2.17. The molecule has 1 rings (SSSR count). The van der Waals surface area contributed by atoms with Crippen LogP contribution in [0, 0.1) is 5.92 Å². The zero-order chi connectivity index (χ0) is 14.3. The molecule has 0 bridgehead atoms. The van der Waals surface area contributed by atoms with Gasteiger partial charge in [0.2, 0.25) is 0 Å². The van der Waals surface area contributed by atoms with Crippen molar-refractivity contribution < 1.29 is 14.3 Å². The average Bonchev–Trinajstić information content (AvgIpc) is 2.41. The average molecular weight is 326 g/mol. The Morgan fingerprint density at radius 3 is 2.47 bits per heavy atom. The highest BCUT2D eigenvalue weighted by Gasteiger charge is 2.24. The molecule has 0 aliphatic heterocycles. The third-order valence-electron chi connectivity index (χ3n) is 2.44. The summed E-state index contributed by atoms with van der Waals surface area (Å²) in [7, 11) is 0. The predicted molar refractivity (Wildman–Crippen MR) is 77.7 cm³/mol. The first-order valence-electron chi connectivity index (χ1n) is 6.07. The van der Waals surface area contributed by atoms with E-state index in [4.69, 9.17) is 4.74 Å². The van der Waals surface area contributed by atoms with Crippen LogP contribution in [-0.2, 0) is 14.3 Å². The van der Waals surface area contributed by atoms with Crippen LogP contribution in [0.15, 0.2) is 33.7 Å². The van der Waals surface area contributed by atoms with Gasteiger partial charge in [-0.2, -0.15) is 0 Å². The van der Waals surface area contributed by atoms with Crippen molar-refractivity contribution in [2.75, 3.05) is 6.61 Å². The van der Waals surface area contributed by atoms with Crippen molar-refractivity contribution in [1.82, 2.24) is 0 Å². The number of esters is 1. The van der Waals surface area contributed by atoms with Crippen LogP contribution >= 0.6 is 15.9 Å². The first-order chi connectivity index (χ1) is 9.08. The number of halogens is 1. The molecule has 0 aromatic heterocycles. The van der Waals surface area contributed by atoms with E-state index < -0.39 is 11.9 Å². The predicted octanol–water partition coefficient (Wildman–Crippen LogP) is 3.31. The Kier molecular flexibility index (Phi) is 6.42. The number of nitrogens with zero attached hydrogens (tertiary/aromatic N) is 1. The molecule has 1 atom stereocenters. The van der Waals surface area contributed by atoms with Gasteiger partial charge < -0.3 is 4.74 Å². The first kappa shape index (κ1) is 15.6. The Morgan fingerprint density at radius 2 is 1.95 bits per heavy atom. The summed E-state index contributed by atoms with van der Waals surface area (Å²) in [5.41, 5.74) is 0.682. The maximum atomic E-state index is 11.7. The SMILES string of the molecule is CCOC(=O)C(C=Nc1ccc(Br)cc1)C(=O)CC. The molecule has 0 heterocycles. The molecule has 1 aromatic carbocycles. The normalized spacial score (nSPS) is 12.4. The molecule has 0 fully saturated rings. The Balaban J connectivity index is 2.84. The van der Waals surface area contributed by atoms with Gasteiger partial charge in [0, 0.05) is 17.1 Å². The lowest BCUT2D eigenvalue weighted by Crippen LogP contribution is -2.27. The zero-order valence-electron chi connectivity index (χ0n) is 10.9. The molecule has 102 valence electrons. The maximum absolute atomic E-state index is 11.7. The topological polar surface area (TPSA) is 55.7 Å². The Hall–Kier alpha value is -1.49. The van der Waals surface area contributed by atoms with E-state index in [1.54, 1.807) is 26.0 Å². The fraction of sp³-hybridized carbons (Fsp3) is 0.357. The lowest BCUT2D eigenvalue weighted by atomic mass is 10.0. The molecule has 0 spiro atoms. The van der Waals surface area contributed by atoms with Crippen LogP contribution < -0.4 is 0 Å². The van der Waals surface area contributed by atoms with Crippen molar-refractivity contribution in [2.45, 2.75) is 20.3 Å².